The van der Waals surface area contributed by atoms with Gasteiger partial charge in [-0.05, 0) is 6.42 Å². The highest BCUT2D eigenvalue weighted by molar-refractivity contribution is 6.15. The maximum absolute atomic E-state index is 5.76. The first-order chi connectivity index (χ1) is 3.62. The second kappa shape index (κ2) is 3.22. The smallest absolute Gasteiger partial charge is 0.0294 e. The first kappa shape index (κ1) is 8.14. The third kappa shape index (κ3) is 3.18. The van der Waals surface area contributed by atoms with Gasteiger partial charge in [-0.15, -0.1) is 0 Å². The SMILES string of the molecule is CCCC(N)([SiH3])CN. The highest BCUT2D eigenvalue weighted by Crippen LogP contribution is 2.00. The number of rotatable bonds is 3. The van der Waals surface area contributed by atoms with Gasteiger partial charge in [-0.2, -0.15) is 0 Å². The molecule has 3 heteroatoms. The van der Waals surface area contributed by atoms with Crippen LogP contribution in [0.3, 0.4) is 0 Å². The van der Waals surface area contributed by atoms with Gasteiger partial charge in [0, 0.05) is 21.9 Å². The van der Waals surface area contributed by atoms with Crippen LogP contribution < -0.4 is 11.5 Å². The first-order valence-corrected chi connectivity index (χ1v) is 4.11. The Morgan fingerprint density at radius 3 is 2.25 bits per heavy atom. The molecule has 0 fully saturated rings. The highest BCUT2D eigenvalue weighted by atomic mass is 28.1. The Labute approximate surface area is 54.0 Å². The zero-order valence-electron chi connectivity index (χ0n) is 5.78. The van der Waals surface area contributed by atoms with Crippen LogP contribution in [0.15, 0.2) is 0 Å². The van der Waals surface area contributed by atoms with Crippen LogP contribution in [0.25, 0.3) is 0 Å². The molecule has 0 aliphatic heterocycles. The average molecular weight is 132 g/mol. The molecule has 0 radical (unpaired) electrons. The first-order valence-electron chi connectivity index (χ1n) is 3.11. The van der Waals surface area contributed by atoms with Gasteiger partial charge >= 0.3 is 0 Å². The zero-order valence-corrected chi connectivity index (χ0v) is 7.78. The molecular weight excluding hydrogens is 116 g/mol. The largest absolute Gasteiger partial charge is 0.329 e. The molecule has 0 bridgehead atoms. The molecule has 0 saturated carbocycles. The van der Waals surface area contributed by atoms with E-state index in [1.165, 1.54) is 0 Å². The Bertz CT molecular complexity index is 63.4. The van der Waals surface area contributed by atoms with E-state index < -0.39 is 0 Å². The summed E-state index contributed by atoms with van der Waals surface area (Å²) in [4.78, 5) is 0. The lowest BCUT2D eigenvalue weighted by Crippen LogP contribution is -2.47. The van der Waals surface area contributed by atoms with E-state index in [0.29, 0.717) is 6.54 Å². The molecule has 0 amide bonds. The van der Waals surface area contributed by atoms with Crippen LogP contribution in [-0.4, -0.2) is 21.9 Å². The summed E-state index contributed by atoms with van der Waals surface area (Å²) in [5.41, 5.74) is 11.2. The quantitative estimate of drug-likeness (QED) is 0.472. The second-order valence-electron chi connectivity index (χ2n) is 2.61. The van der Waals surface area contributed by atoms with Crippen LogP contribution in [0.4, 0.5) is 0 Å². The standard InChI is InChI=1S/C5H16N2Si/c1-2-3-5(7,8)4-6/h2-4,6-7H2,1,8H3. The minimum absolute atomic E-state index is 0.00868. The third-order valence-corrected chi connectivity index (χ3v) is 2.20. The van der Waals surface area contributed by atoms with Crippen molar-refractivity contribution in [3.8, 4) is 0 Å². The van der Waals surface area contributed by atoms with Crippen molar-refractivity contribution >= 4 is 10.2 Å². The summed E-state index contributed by atoms with van der Waals surface area (Å²) in [6.07, 6.45) is 2.23. The summed E-state index contributed by atoms with van der Waals surface area (Å²) in [6.45, 7) is 2.78. The summed E-state index contributed by atoms with van der Waals surface area (Å²) in [6, 6.07) is 0. The van der Waals surface area contributed by atoms with Gasteiger partial charge in [0.25, 0.3) is 0 Å². The van der Waals surface area contributed by atoms with Crippen LogP contribution in [0.5, 0.6) is 0 Å². The van der Waals surface area contributed by atoms with Crippen molar-refractivity contribution in [3.05, 3.63) is 0 Å². The summed E-state index contributed by atoms with van der Waals surface area (Å²) < 4.78 is 0. The maximum Gasteiger partial charge on any atom is 0.0294 e. The minimum atomic E-state index is 0.00868. The predicted octanol–water partition coefficient (Wildman–Crippen LogP) is -1.23. The number of nitrogens with two attached hydrogens (primary N) is 2. The molecule has 0 heterocycles. The van der Waals surface area contributed by atoms with E-state index in [-0.39, 0.29) is 5.16 Å². The Morgan fingerprint density at radius 2 is 2.12 bits per heavy atom. The Kier molecular flexibility index (Phi) is 3.27. The third-order valence-electron chi connectivity index (χ3n) is 1.29. The lowest BCUT2D eigenvalue weighted by Gasteiger charge is -2.20. The molecule has 0 aliphatic carbocycles. The van der Waals surface area contributed by atoms with E-state index >= 15 is 0 Å². The molecule has 0 aromatic rings. The van der Waals surface area contributed by atoms with E-state index in [2.05, 4.69) is 6.92 Å². The maximum atomic E-state index is 5.76. The van der Waals surface area contributed by atoms with Gasteiger partial charge in [0.2, 0.25) is 0 Å². The van der Waals surface area contributed by atoms with Gasteiger partial charge in [0.15, 0.2) is 0 Å². The molecule has 8 heavy (non-hydrogen) atoms. The van der Waals surface area contributed by atoms with E-state index in [4.69, 9.17) is 11.5 Å². The molecule has 50 valence electrons. The summed E-state index contributed by atoms with van der Waals surface area (Å²) in [5.74, 6) is 0. The van der Waals surface area contributed by atoms with Crippen LogP contribution >= 0.6 is 0 Å². The normalized spacial score (nSPS) is 18.4. The van der Waals surface area contributed by atoms with Gasteiger partial charge in [0.1, 0.15) is 0 Å². The molecule has 4 N–H and O–H groups in total. The number of hydrogen-bond acceptors (Lipinski definition) is 2. The lowest BCUT2D eigenvalue weighted by atomic mass is 10.2. The van der Waals surface area contributed by atoms with Crippen molar-refractivity contribution in [1.29, 1.82) is 0 Å². The topological polar surface area (TPSA) is 52.0 Å². The number of hydrogen-bond donors (Lipinski definition) is 2. The van der Waals surface area contributed by atoms with E-state index in [1.807, 2.05) is 0 Å². The molecule has 0 saturated heterocycles. The van der Waals surface area contributed by atoms with Gasteiger partial charge in [0.05, 0.1) is 0 Å². The van der Waals surface area contributed by atoms with Gasteiger partial charge in [-0.3, -0.25) is 0 Å². The molecular formula is C5H16N2Si. The molecule has 0 aliphatic rings. The molecule has 1 atom stereocenters. The predicted molar refractivity (Wildman–Crippen MR) is 40.8 cm³/mol. The van der Waals surface area contributed by atoms with Gasteiger partial charge in [-0.25, -0.2) is 0 Å². The fourth-order valence-corrected chi connectivity index (χ4v) is 1.17. The lowest BCUT2D eigenvalue weighted by molar-refractivity contribution is 0.549. The van der Waals surface area contributed by atoms with Crippen molar-refractivity contribution in [3.63, 3.8) is 0 Å². The Balaban J connectivity index is 3.37. The summed E-state index contributed by atoms with van der Waals surface area (Å²) >= 11 is 0. The van der Waals surface area contributed by atoms with Crippen molar-refractivity contribution in [2.75, 3.05) is 6.54 Å². The molecule has 0 rings (SSSR count). The van der Waals surface area contributed by atoms with Crippen LogP contribution in [0.2, 0.25) is 0 Å². The van der Waals surface area contributed by atoms with Crippen molar-refractivity contribution in [1.82, 2.24) is 0 Å². The second-order valence-corrected chi connectivity index (χ2v) is 4.60. The highest BCUT2D eigenvalue weighted by Gasteiger charge is 2.12. The fraction of sp³-hybridized carbons (Fsp3) is 1.00. The molecule has 0 aromatic carbocycles. The van der Waals surface area contributed by atoms with E-state index in [0.717, 1.165) is 23.1 Å². The average Bonchev–Trinajstić information content (AvgIpc) is 1.67. The van der Waals surface area contributed by atoms with Crippen molar-refractivity contribution in [2.24, 2.45) is 11.5 Å². The van der Waals surface area contributed by atoms with Crippen LogP contribution in [-0.2, 0) is 0 Å². The summed E-state index contributed by atoms with van der Waals surface area (Å²) in [7, 11) is 1.01. The summed E-state index contributed by atoms with van der Waals surface area (Å²) in [5, 5.41) is 0.00868. The molecule has 0 spiro atoms. The van der Waals surface area contributed by atoms with Crippen molar-refractivity contribution in [2.45, 2.75) is 24.9 Å². The minimum Gasteiger partial charge on any atom is -0.329 e. The zero-order chi connectivity index (χ0) is 6.62. The van der Waals surface area contributed by atoms with Crippen molar-refractivity contribution < 1.29 is 0 Å². The molecule has 0 aromatic heterocycles. The molecule has 1 unspecified atom stereocenters. The van der Waals surface area contributed by atoms with Crippen LogP contribution in [0, 0.1) is 0 Å². The van der Waals surface area contributed by atoms with Crippen LogP contribution in [0.1, 0.15) is 19.8 Å². The fourth-order valence-electron chi connectivity index (χ4n) is 0.673. The monoisotopic (exact) mass is 132 g/mol. The van der Waals surface area contributed by atoms with E-state index in [1.54, 1.807) is 0 Å². The Hall–Kier alpha value is 0.137. The van der Waals surface area contributed by atoms with E-state index in [9.17, 15) is 0 Å². The van der Waals surface area contributed by atoms with Gasteiger partial charge in [-0.1, -0.05) is 13.3 Å². The molecule has 2 nitrogen and oxygen atoms in total. The van der Waals surface area contributed by atoms with Gasteiger partial charge < -0.3 is 11.5 Å². The Morgan fingerprint density at radius 1 is 1.62 bits per heavy atom.